The third-order valence-electron chi connectivity index (χ3n) is 5.45. The molecule has 0 saturated carbocycles. The minimum Gasteiger partial charge on any atom is -0.480 e. The normalized spacial score (nSPS) is 16.1. The number of unbranched alkanes of at least 4 members (excludes halogenated alkanes) is 1. The van der Waals surface area contributed by atoms with Crippen LogP contribution in [0, 0.1) is 15.5 Å². The molecule has 14 heteroatoms. The molecule has 0 atom stereocenters. The first kappa shape index (κ1) is 25.9. The van der Waals surface area contributed by atoms with E-state index in [0.29, 0.717) is 19.4 Å². The third kappa shape index (κ3) is 5.02. The van der Waals surface area contributed by atoms with Gasteiger partial charge in [-0.3, -0.25) is 34.6 Å². The average molecular weight is 499 g/mol. The van der Waals surface area contributed by atoms with Gasteiger partial charge in [-0.2, -0.15) is 5.10 Å². The fraction of sp³-hybridized carbons (Fsp3) is 0.273. The molecule has 2 aliphatic rings. The van der Waals surface area contributed by atoms with Crippen molar-refractivity contribution < 1.29 is 38.4 Å². The van der Waals surface area contributed by atoms with E-state index in [-0.39, 0.29) is 29.9 Å². The van der Waals surface area contributed by atoms with Crippen LogP contribution in [-0.2, 0) is 9.59 Å². The van der Waals surface area contributed by atoms with Crippen molar-refractivity contribution in [1.29, 1.82) is 0 Å². The van der Waals surface area contributed by atoms with E-state index in [2.05, 4.69) is 5.10 Å². The number of nitrogens with zero attached hydrogens (tertiary/aromatic N) is 3. The van der Waals surface area contributed by atoms with Gasteiger partial charge in [-0.05, 0) is 25.5 Å². The minimum absolute atomic E-state index is 0.00583. The molecular formula is C22H21N5O9. The van der Waals surface area contributed by atoms with E-state index in [9.17, 15) is 39.2 Å². The molecule has 4 rings (SSSR count). The number of aliphatic carboxylic acids is 1. The summed E-state index contributed by atoms with van der Waals surface area (Å²) in [5.74, 6) is -3.33. The molecule has 0 spiro atoms. The van der Waals surface area contributed by atoms with Gasteiger partial charge in [0.2, 0.25) is 5.91 Å². The van der Waals surface area contributed by atoms with Crippen LogP contribution in [-0.4, -0.2) is 63.8 Å². The SMILES string of the molecule is NCCCCC1(C(=O)O)C(=O)c2ccccc2C1=O.O=C1CN(/N=C\c2ccc([N+](=O)[O-])o2)C(=O)N1. The smallest absolute Gasteiger partial charge is 0.433 e. The Labute approximate surface area is 202 Å². The van der Waals surface area contributed by atoms with Crippen LogP contribution in [0.5, 0.6) is 0 Å². The number of carboxylic acid groups (broad SMARTS) is 1. The molecule has 188 valence electrons. The van der Waals surface area contributed by atoms with Crippen LogP contribution >= 0.6 is 0 Å². The Morgan fingerprint density at radius 1 is 1.17 bits per heavy atom. The van der Waals surface area contributed by atoms with Gasteiger partial charge in [0, 0.05) is 11.1 Å². The van der Waals surface area contributed by atoms with Crippen molar-refractivity contribution in [2.24, 2.45) is 16.3 Å². The summed E-state index contributed by atoms with van der Waals surface area (Å²) in [5, 5.41) is 26.3. The fourth-order valence-electron chi connectivity index (χ4n) is 3.67. The number of imide groups is 1. The number of ketones is 2. The molecule has 1 aliphatic heterocycles. The number of benzene rings is 1. The largest absolute Gasteiger partial charge is 0.480 e. The molecule has 14 nitrogen and oxygen atoms in total. The highest BCUT2D eigenvalue weighted by molar-refractivity contribution is 6.38. The second-order valence-electron chi connectivity index (χ2n) is 7.75. The molecule has 0 radical (unpaired) electrons. The Morgan fingerprint density at radius 3 is 2.28 bits per heavy atom. The maximum atomic E-state index is 12.3. The van der Waals surface area contributed by atoms with Gasteiger partial charge in [0.25, 0.3) is 0 Å². The number of carbonyl (C=O) groups excluding carboxylic acids is 4. The van der Waals surface area contributed by atoms with Gasteiger partial charge in [0.15, 0.2) is 22.7 Å². The summed E-state index contributed by atoms with van der Waals surface area (Å²) >= 11 is 0. The molecule has 1 aromatic heterocycles. The van der Waals surface area contributed by atoms with Crippen molar-refractivity contribution in [1.82, 2.24) is 10.3 Å². The zero-order chi connectivity index (χ0) is 26.5. The number of nitrogens with two attached hydrogens (primary N) is 1. The van der Waals surface area contributed by atoms with Crippen molar-refractivity contribution in [3.05, 3.63) is 63.4 Å². The van der Waals surface area contributed by atoms with Crippen molar-refractivity contribution in [2.45, 2.75) is 19.3 Å². The van der Waals surface area contributed by atoms with E-state index in [1.54, 1.807) is 12.1 Å². The number of hydrogen-bond acceptors (Lipinski definition) is 10. The van der Waals surface area contributed by atoms with Crippen molar-refractivity contribution in [3.63, 3.8) is 0 Å². The molecule has 36 heavy (non-hydrogen) atoms. The van der Waals surface area contributed by atoms with Crippen LogP contribution in [0.3, 0.4) is 0 Å². The van der Waals surface area contributed by atoms with Crippen LogP contribution in [0.2, 0.25) is 0 Å². The highest BCUT2D eigenvalue weighted by atomic mass is 16.6. The lowest BCUT2D eigenvalue weighted by atomic mass is 9.78. The first-order chi connectivity index (χ1) is 17.1. The maximum absolute atomic E-state index is 12.3. The lowest BCUT2D eigenvalue weighted by molar-refractivity contribution is -0.402. The predicted molar refractivity (Wildman–Crippen MR) is 121 cm³/mol. The third-order valence-corrected chi connectivity index (χ3v) is 5.45. The molecule has 2 heterocycles. The maximum Gasteiger partial charge on any atom is 0.433 e. The fourth-order valence-corrected chi connectivity index (χ4v) is 3.67. The van der Waals surface area contributed by atoms with Gasteiger partial charge in [-0.1, -0.05) is 30.7 Å². The molecule has 1 fully saturated rings. The summed E-state index contributed by atoms with van der Waals surface area (Å²) in [5.41, 5.74) is 3.84. The number of nitro groups is 1. The van der Waals surface area contributed by atoms with E-state index in [1.165, 1.54) is 18.2 Å². The van der Waals surface area contributed by atoms with Gasteiger partial charge in [0.05, 0.1) is 12.3 Å². The highest BCUT2D eigenvalue weighted by Gasteiger charge is 2.58. The quantitative estimate of drug-likeness (QED) is 0.118. The van der Waals surface area contributed by atoms with Crippen molar-refractivity contribution in [3.8, 4) is 0 Å². The Balaban J connectivity index is 0.000000202. The summed E-state index contributed by atoms with van der Waals surface area (Å²) in [7, 11) is 0. The monoisotopic (exact) mass is 499 g/mol. The van der Waals surface area contributed by atoms with Gasteiger partial charge in [-0.15, -0.1) is 0 Å². The molecule has 3 amide bonds. The second-order valence-corrected chi connectivity index (χ2v) is 7.75. The van der Waals surface area contributed by atoms with Crippen LogP contribution in [0.25, 0.3) is 0 Å². The lowest BCUT2D eigenvalue weighted by Gasteiger charge is -2.20. The van der Waals surface area contributed by atoms with Crippen molar-refractivity contribution >= 4 is 41.6 Å². The highest BCUT2D eigenvalue weighted by Crippen LogP contribution is 2.41. The Morgan fingerprint density at radius 2 is 1.81 bits per heavy atom. The lowest BCUT2D eigenvalue weighted by Crippen LogP contribution is -2.41. The number of nitrogens with one attached hydrogen (secondary N) is 1. The number of Topliss-reactive ketones (excluding diaryl/α,β-unsaturated/α-hetero) is 2. The van der Waals surface area contributed by atoms with Gasteiger partial charge >= 0.3 is 17.9 Å². The molecule has 1 saturated heterocycles. The molecule has 1 aromatic carbocycles. The number of urea groups is 1. The summed E-state index contributed by atoms with van der Waals surface area (Å²) in [6.07, 6.45) is 2.15. The molecule has 0 bridgehead atoms. The summed E-state index contributed by atoms with van der Waals surface area (Å²) in [6, 6.07) is 8.11. The van der Waals surface area contributed by atoms with Crippen molar-refractivity contribution in [2.75, 3.05) is 13.1 Å². The standard InChI is InChI=1S/C14H15NO4.C8H6N4O5/c15-8-4-3-7-14(13(18)19)11(16)9-5-1-2-6-10(9)12(14)17;13-6-4-11(8(14)10-6)9-3-5-1-2-7(17-5)12(15)16/h1-2,5-6H,3-4,7-8,15H2,(H,18,19);1-3H,4H2,(H,10,13,14)/b;9-3-. The van der Waals surface area contributed by atoms with E-state index >= 15 is 0 Å². The number of rotatable bonds is 8. The molecule has 0 unspecified atom stereocenters. The number of carbonyl (C=O) groups is 5. The first-order valence-electron chi connectivity index (χ1n) is 10.6. The molecular weight excluding hydrogens is 478 g/mol. The van der Waals surface area contributed by atoms with E-state index in [4.69, 9.17) is 10.2 Å². The first-order valence-corrected chi connectivity index (χ1v) is 10.6. The summed E-state index contributed by atoms with van der Waals surface area (Å²) < 4.78 is 4.78. The topological polar surface area (TPSA) is 216 Å². The summed E-state index contributed by atoms with van der Waals surface area (Å²) in [6.45, 7) is 0.225. The van der Waals surface area contributed by atoms with E-state index in [1.807, 2.05) is 5.32 Å². The number of fused-ring (bicyclic) bond motifs is 1. The summed E-state index contributed by atoms with van der Waals surface area (Å²) in [4.78, 5) is 67.7. The van der Waals surface area contributed by atoms with Gasteiger partial charge in [-0.25, -0.2) is 9.80 Å². The zero-order valence-corrected chi connectivity index (χ0v) is 18.7. The Hall–Kier alpha value is -4.72. The van der Waals surface area contributed by atoms with Crippen LogP contribution in [0.15, 0.2) is 45.9 Å². The Bertz CT molecular complexity index is 1230. The molecule has 2 aromatic rings. The zero-order valence-electron chi connectivity index (χ0n) is 18.7. The van der Waals surface area contributed by atoms with Crippen LogP contribution in [0.4, 0.5) is 10.7 Å². The molecule has 1 aliphatic carbocycles. The second kappa shape index (κ2) is 10.7. The molecule has 4 N–H and O–H groups in total. The van der Waals surface area contributed by atoms with E-state index in [0.717, 1.165) is 17.3 Å². The number of amides is 3. The van der Waals surface area contributed by atoms with Gasteiger partial charge in [0.1, 0.15) is 11.5 Å². The minimum atomic E-state index is -1.95. The van der Waals surface area contributed by atoms with E-state index < -0.39 is 45.7 Å². The number of hydrazone groups is 1. The Kier molecular flexibility index (Phi) is 7.69. The number of carboxylic acids is 1. The van der Waals surface area contributed by atoms with Crippen LogP contribution in [0.1, 0.15) is 45.7 Å². The number of furan rings is 1. The van der Waals surface area contributed by atoms with Crippen LogP contribution < -0.4 is 11.1 Å². The number of hydrogen-bond donors (Lipinski definition) is 3. The average Bonchev–Trinajstić information content (AvgIpc) is 3.50. The predicted octanol–water partition coefficient (Wildman–Crippen LogP) is 1.34. The van der Waals surface area contributed by atoms with Gasteiger partial charge < -0.3 is 15.3 Å².